The van der Waals surface area contributed by atoms with Crippen molar-refractivity contribution >= 4 is 38.3 Å². The fourth-order valence-corrected chi connectivity index (χ4v) is 3.27. The molecule has 5 heteroatoms. The van der Waals surface area contributed by atoms with Crippen LogP contribution >= 0.6 is 8.58 Å². The molecule has 111 valence electrons. The Morgan fingerprint density at radius 3 is 2.09 bits per heavy atom. The average molecular weight is 309 g/mol. The Balaban J connectivity index is 0.00000242. The van der Waals surface area contributed by atoms with Crippen LogP contribution in [0.15, 0.2) is 36.4 Å². The topological polar surface area (TPSA) is 35.5 Å². The average Bonchev–Trinajstić information content (AvgIpc) is 2.49. The van der Waals surface area contributed by atoms with E-state index in [1.165, 1.54) is 5.56 Å². The van der Waals surface area contributed by atoms with Gasteiger partial charge in [-0.05, 0) is 45.4 Å². The van der Waals surface area contributed by atoms with Crippen LogP contribution in [0, 0.1) is 13.8 Å². The Hall–Kier alpha value is -1.26. The van der Waals surface area contributed by atoms with E-state index in [0.29, 0.717) is 17.1 Å². The zero-order chi connectivity index (χ0) is 15.4. The van der Waals surface area contributed by atoms with Crippen molar-refractivity contribution in [3.63, 3.8) is 0 Å². The SMILES string of the molecule is COc1cccc(OC)c1C(=O)Pc1ccc(C)cc1C.[Li]. The minimum Gasteiger partial charge on any atom is -0.496 e. The second-order valence-electron chi connectivity index (χ2n) is 4.81. The molecule has 0 saturated heterocycles. The summed E-state index contributed by atoms with van der Waals surface area (Å²) in [5.74, 6) is 1.10. The van der Waals surface area contributed by atoms with Crippen LogP contribution in [-0.2, 0) is 0 Å². The zero-order valence-electron chi connectivity index (χ0n) is 13.7. The Morgan fingerprint density at radius 1 is 1.00 bits per heavy atom. The molecular formula is C17H19LiO3P. The van der Waals surface area contributed by atoms with Crippen LogP contribution in [0.4, 0.5) is 0 Å². The summed E-state index contributed by atoms with van der Waals surface area (Å²) in [4.78, 5) is 12.7. The number of aryl methyl sites for hydroxylation is 2. The monoisotopic (exact) mass is 309 g/mol. The minimum atomic E-state index is 0. The van der Waals surface area contributed by atoms with Crippen molar-refractivity contribution in [2.45, 2.75) is 13.8 Å². The smallest absolute Gasteiger partial charge is 0.193 e. The van der Waals surface area contributed by atoms with E-state index in [0.717, 1.165) is 10.9 Å². The molecule has 1 atom stereocenters. The minimum absolute atomic E-state index is 0. The molecule has 2 aromatic carbocycles. The summed E-state index contributed by atoms with van der Waals surface area (Å²) < 4.78 is 10.6. The number of hydrogen-bond donors (Lipinski definition) is 0. The van der Waals surface area contributed by atoms with Crippen molar-refractivity contribution < 1.29 is 14.3 Å². The first kappa shape index (κ1) is 18.8. The van der Waals surface area contributed by atoms with E-state index in [9.17, 15) is 4.79 Å². The second-order valence-corrected chi connectivity index (χ2v) is 6.05. The zero-order valence-corrected chi connectivity index (χ0v) is 14.7. The molecule has 1 radical (unpaired) electrons. The molecule has 0 aromatic heterocycles. The van der Waals surface area contributed by atoms with Gasteiger partial charge in [-0.25, -0.2) is 0 Å². The van der Waals surface area contributed by atoms with Crippen LogP contribution in [-0.4, -0.2) is 38.6 Å². The van der Waals surface area contributed by atoms with Gasteiger partial charge >= 0.3 is 0 Å². The van der Waals surface area contributed by atoms with Crippen LogP contribution < -0.4 is 14.8 Å². The Bertz CT molecular complexity index is 649. The van der Waals surface area contributed by atoms with E-state index in [1.807, 2.05) is 32.0 Å². The maximum Gasteiger partial charge on any atom is 0.193 e. The molecule has 1 unspecified atom stereocenters. The van der Waals surface area contributed by atoms with Crippen LogP contribution in [0.5, 0.6) is 11.5 Å². The third-order valence-electron chi connectivity index (χ3n) is 3.28. The van der Waals surface area contributed by atoms with Gasteiger partial charge in [-0.1, -0.05) is 29.8 Å². The molecule has 0 heterocycles. The molecule has 0 amide bonds. The maximum atomic E-state index is 12.7. The van der Waals surface area contributed by atoms with Crippen molar-refractivity contribution in [2.75, 3.05) is 14.2 Å². The molecule has 2 aromatic rings. The predicted octanol–water partition coefficient (Wildman–Crippen LogP) is 3.08. The first-order valence-electron chi connectivity index (χ1n) is 6.66. The number of methoxy groups -OCH3 is 2. The van der Waals surface area contributed by atoms with Crippen molar-refractivity contribution in [3.05, 3.63) is 53.1 Å². The number of rotatable bonds is 5. The van der Waals surface area contributed by atoms with Crippen molar-refractivity contribution in [2.24, 2.45) is 0 Å². The van der Waals surface area contributed by atoms with Crippen LogP contribution in [0.2, 0.25) is 0 Å². The number of carbonyl (C=O) groups is 1. The molecule has 3 nitrogen and oxygen atoms in total. The number of carbonyl (C=O) groups excluding carboxylic acids is 1. The Morgan fingerprint density at radius 2 is 1.59 bits per heavy atom. The van der Waals surface area contributed by atoms with Crippen molar-refractivity contribution in [1.29, 1.82) is 0 Å². The molecule has 0 aliphatic carbocycles. The van der Waals surface area contributed by atoms with E-state index in [4.69, 9.17) is 9.47 Å². The maximum absolute atomic E-state index is 12.7. The van der Waals surface area contributed by atoms with E-state index in [1.54, 1.807) is 26.4 Å². The van der Waals surface area contributed by atoms with Crippen LogP contribution in [0.1, 0.15) is 21.5 Å². The van der Waals surface area contributed by atoms with Gasteiger partial charge < -0.3 is 9.47 Å². The van der Waals surface area contributed by atoms with Gasteiger partial charge in [-0.15, -0.1) is 0 Å². The fraction of sp³-hybridized carbons (Fsp3) is 0.235. The molecule has 22 heavy (non-hydrogen) atoms. The van der Waals surface area contributed by atoms with Crippen molar-refractivity contribution in [1.82, 2.24) is 0 Å². The van der Waals surface area contributed by atoms with Crippen LogP contribution in [0.25, 0.3) is 0 Å². The molecule has 0 saturated carbocycles. The summed E-state index contributed by atoms with van der Waals surface area (Å²) in [7, 11) is 3.17. The Kier molecular flexibility index (Phi) is 7.17. The summed E-state index contributed by atoms with van der Waals surface area (Å²) in [5.41, 5.74) is 2.87. The number of ether oxygens (including phenoxy) is 2. The van der Waals surface area contributed by atoms with Gasteiger partial charge in [0.15, 0.2) is 5.52 Å². The molecule has 0 aliphatic rings. The standard InChI is InChI=1S/C17H19O3P.Li/c1-11-8-9-15(12(2)10-11)21-17(18)16-13(19-3)6-5-7-14(16)20-4;/h5-10,21H,1-4H3;. The first-order valence-corrected chi connectivity index (χ1v) is 7.66. The predicted molar refractivity (Wildman–Crippen MR) is 93.5 cm³/mol. The number of benzene rings is 2. The molecule has 0 aliphatic heterocycles. The normalized spacial score (nSPS) is 10.4. The molecule has 0 bridgehead atoms. The van der Waals surface area contributed by atoms with Gasteiger partial charge in [0.05, 0.1) is 14.2 Å². The van der Waals surface area contributed by atoms with Gasteiger partial charge in [0.1, 0.15) is 17.1 Å². The first-order chi connectivity index (χ1) is 10.1. The van der Waals surface area contributed by atoms with Crippen molar-refractivity contribution in [3.8, 4) is 11.5 Å². The van der Waals surface area contributed by atoms with E-state index >= 15 is 0 Å². The van der Waals surface area contributed by atoms with Crippen LogP contribution in [0.3, 0.4) is 0 Å². The van der Waals surface area contributed by atoms with E-state index < -0.39 is 0 Å². The quantitative estimate of drug-likeness (QED) is 0.629. The largest absolute Gasteiger partial charge is 0.496 e. The van der Waals surface area contributed by atoms with Gasteiger partial charge in [0.25, 0.3) is 0 Å². The molecular weight excluding hydrogens is 290 g/mol. The van der Waals surface area contributed by atoms with E-state index in [2.05, 4.69) is 6.07 Å². The second kappa shape index (κ2) is 8.39. The molecule has 0 spiro atoms. The number of hydrogen-bond acceptors (Lipinski definition) is 3. The summed E-state index contributed by atoms with van der Waals surface area (Å²) >= 11 is 0. The molecule has 2 rings (SSSR count). The molecule has 0 N–H and O–H groups in total. The van der Waals surface area contributed by atoms with Gasteiger partial charge in [-0.2, -0.15) is 0 Å². The van der Waals surface area contributed by atoms with E-state index in [-0.39, 0.29) is 33.0 Å². The van der Waals surface area contributed by atoms with Gasteiger partial charge in [-0.3, -0.25) is 4.79 Å². The third-order valence-corrected chi connectivity index (χ3v) is 4.59. The summed E-state index contributed by atoms with van der Waals surface area (Å²) in [6.07, 6.45) is 0. The third kappa shape index (κ3) is 4.14. The Labute approximate surface area is 145 Å². The summed E-state index contributed by atoms with van der Waals surface area (Å²) in [5, 5.41) is 1.05. The summed E-state index contributed by atoms with van der Waals surface area (Å²) in [6.45, 7) is 4.08. The van der Waals surface area contributed by atoms with Gasteiger partial charge in [0.2, 0.25) is 0 Å². The summed E-state index contributed by atoms with van der Waals surface area (Å²) in [6, 6.07) is 11.5. The fourth-order valence-electron chi connectivity index (χ4n) is 2.21. The van der Waals surface area contributed by atoms with Gasteiger partial charge in [0, 0.05) is 18.9 Å². The molecule has 0 fully saturated rings.